The minimum atomic E-state index is -0.597. The zero-order chi connectivity index (χ0) is 19.4. The lowest BCUT2D eigenvalue weighted by Gasteiger charge is -2.28. The highest BCUT2D eigenvalue weighted by Gasteiger charge is 2.32. The van der Waals surface area contributed by atoms with Gasteiger partial charge in [-0.05, 0) is 41.5 Å². The first-order valence-corrected chi connectivity index (χ1v) is 8.55. The lowest BCUT2D eigenvalue weighted by molar-refractivity contribution is -0.140. The Kier molecular flexibility index (Phi) is 5.61. The third-order valence-electron chi connectivity index (χ3n) is 4.41. The van der Waals surface area contributed by atoms with Crippen molar-refractivity contribution in [2.75, 3.05) is 27.4 Å². The SMILES string of the molecule is COCCOC(=O)C1=C(C)NC(=O)N[C@@H]1c1ccc2cc(OC)ccc2c1. The molecule has 7 heteroatoms. The van der Waals surface area contributed by atoms with Gasteiger partial charge in [0.15, 0.2) is 0 Å². The van der Waals surface area contributed by atoms with Crippen LogP contribution in [0.1, 0.15) is 18.5 Å². The van der Waals surface area contributed by atoms with E-state index in [0.29, 0.717) is 17.9 Å². The number of benzene rings is 2. The van der Waals surface area contributed by atoms with Gasteiger partial charge < -0.3 is 24.8 Å². The van der Waals surface area contributed by atoms with E-state index in [0.717, 1.165) is 22.1 Å². The highest BCUT2D eigenvalue weighted by atomic mass is 16.6. The van der Waals surface area contributed by atoms with Crippen LogP contribution in [0, 0.1) is 0 Å². The molecule has 2 aromatic carbocycles. The van der Waals surface area contributed by atoms with E-state index in [1.54, 1.807) is 14.0 Å². The molecule has 0 bridgehead atoms. The van der Waals surface area contributed by atoms with Crippen molar-refractivity contribution in [3.05, 3.63) is 53.2 Å². The minimum Gasteiger partial charge on any atom is -0.497 e. The molecule has 1 aliphatic rings. The second-order valence-electron chi connectivity index (χ2n) is 6.17. The summed E-state index contributed by atoms with van der Waals surface area (Å²) in [6.07, 6.45) is 0. The fourth-order valence-corrected chi connectivity index (χ4v) is 3.06. The third kappa shape index (κ3) is 4.03. The van der Waals surface area contributed by atoms with Gasteiger partial charge >= 0.3 is 12.0 Å². The Morgan fingerprint density at radius 2 is 1.81 bits per heavy atom. The van der Waals surface area contributed by atoms with E-state index >= 15 is 0 Å². The number of nitrogens with one attached hydrogen (secondary N) is 2. The van der Waals surface area contributed by atoms with Crippen molar-refractivity contribution in [2.45, 2.75) is 13.0 Å². The van der Waals surface area contributed by atoms with Crippen LogP contribution in [0.4, 0.5) is 4.79 Å². The average molecular weight is 370 g/mol. The number of methoxy groups -OCH3 is 2. The van der Waals surface area contributed by atoms with Crippen LogP contribution < -0.4 is 15.4 Å². The molecule has 2 amide bonds. The van der Waals surface area contributed by atoms with Crippen LogP contribution in [0.5, 0.6) is 5.75 Å². The summed E-state index contributed by atoms with van der Waals surface area (Å²) in [6, 6.07) is 10.5. The quantitative estimate of drug-likeness (QED) is 0.603. The molecule has 0 aromatic heterocycles. The first-order chi connectivity index (χ1) is 13.0. The largest absolute Gasteiger partial charge is 0.497 e. The van der Waals surface area contributed by atoms with E-state index in [4.69, 9.17) is 14.2 Å². The molecule has 1 atom stereocenters. The molecule has 3 rings (SSSR count). The molecule has 0 unspecified atom stereocenters. The number of ether oxygens (including phenoxy) is 3. The summed E-state index contributed by atoms with van der Waals surface area (Å²) in [4.78, 5) is 24.6. The van der Waals surface area contributed by atoms with Crippen LogP contribution >= 0.6 is 0 Å². The van der Waals surface area contributed by atoms with Crippen molar-refractivity contribution in [1.29, 1.82) is 0 Å². The number of carbonyl (C=O) groups is 2. The Morgan fingerprint density at radius 1 is 1.07 bits per heavy atom. The summed E-state index contributed by atoms with van der Waals surface area (Å²) < 4.78 is 15.4. The maximum absolute atomic E-state index is 12.6. The standard InChI is InChI=1S/C20H22N2O5/c1-12-17(19(23)27-9-8-25-2)18(22-20(24)21-12)15-5-4-14-11-16(26-3)7-6-13(14)10-15/h4-7,10-11,18H,8-9H2,1-3H3,(H2,21,22,24)/t18-/m1/s1. The topological polar surface area (TPSA) is 85.9 Å². The molecule has 2 aromatic rings. The third-order valence-corrected chi connectivity index (χ3v) is 4.41. The summed E-state index contributed by atoms with van der Waals surface area (Å²) in [6.45, 7) is 2.13. The lowest BCUT2D eigenvalue weighted by Crippen LogP contribution is -2.45. The highest BCUT2D eigenvalue weighted by molar-refractivity contribution is 5.95. The van der Waals surface area contributed by atoms with Gasteiger partial charge in [0, 0.05) is 12.8 Å². The fraction of sp³-hybridized carbons (Fsp3) is 0.300. The van der Waals surface area contributed by atoms with Crippen molar-refractivity contribution >= 4 is 22.8 Å². The molecule has 0 spiro atoms. The number of amides is 2. The van der Waals surface area contributed by atoms with Crippen molar-refractivity contribution in [3.8, 4) is 5.75 Å². The second kappa shape index (κ2) is 8.09. The number of rotatable bonds is 6. The molecule has 1 aliphatic heterocycles. The number of hydrogen-bond donors (Lipinski definition) is 2. The predicted octanol–water partition coefficient (Wildman–Crippen LogP) is 2.67. The smallest absolute Gasteiger partial charge is 0.338 e. The minimum absolute atomic E-state index is 0.143. The molecule has 2 N–H and O–H groups in total. The number of esters is 1. The summed E-state index contributed by atoms with van der Waals surface area (Å²) >= 11 is 0. The zero-order valence-corrected chi connectivity index (χ0v) is 15.5. The van der Waals surface area contributed by atoms with E-state index in [2.05, 4.69) is 10.6 Å². The summed E-state index contributed by atoms with van der Waals surface area (Å²) in [5, 5.41) is 7.42. The van der Waals surface area contributed by atoms with Crippen LogP contribution in [0.2, 0.25) is 0 Å². The van der Waals surface area contributed by atoms with Crippen LogP contribution in [0.15, 0.2) is 47.7 Å². The number of urea groups is 1. The highest BCUT2D eigenvalue weighted by Crippen LogP contribution is 2.30. The number of fused-ring (bicyclic) bond motifs is 1. The summed E-state index contributed by atoms with van der Waals surface area (Å²) in [7, 11) is 3.16. The van der Waals surface area contributed by atoms with Gasteiger partial charge in [-0.25, -0.2) is 9.59 Å². The van der Waals surface area contributed by atoms with Crippen molar-refractivity contribution < 1.29 is 23.8 Å². The normalized spacial score (nSPS) is 16.7. The number of allylic oxidation sites excluding steroid dienone is 1. The molecule has 7 nitrogen and oxygen atoms in total. The second-order valence-corrected chi connectivity index (χ2v) is 6.17. The van der Waals surface area contributed by atoms with Gasteiger partial charge in [0.05, 0.1) is 25.3 Å². The lowest BCUT2D eigenvalue weighted by atomic mass is 9.93. The van der Waals surface area contributed by atoms with Crippen LogP contribution in [0.3, 0.4) is 0 Å². The first kappa shape index (κ1) is 18.7. The molecule has 142 valence electrons. The van der Waals surface area contributed by atoms with Crippen molar-refractivity contribution in [1.82, 2.24) is 10.6 Å². The van der Waals surface area contributed by atoms with Crippen LogP contribution in [0.25, 0.3) is 10.8 Å². The van der Waals surface area contributed by atoms with E-state index in [1.807, 2.05) is 36.4 Å². The van der Waals surface area contributed by atoms with Gasteiger partial charge in [0.1, 0.15) is 12.4 Å². The Balaban J connectivity index is 1.96. The molecule has 0 fully saturated rings. The molecule has 0 radical (unpaired) electrons. The average Bonchev–Trinajstić information content (AvgIpc) is 2.66. The maximum Gasteiger partial charge on any atom is 0.338 e. The molecule has 1 heterocycles. The van der Waals surface area contributed by atoms with Gasteiger partial charge in [0.25, 0.3) is 0 Å². The molecule has 0 saturated heterocycles. The van der Waals surface area contributed by atoms with E-state index in [9.17, 15) is 9.59 Å². The number of carbonyl (C=O) groups excluding carboxylic acids is 2. The molecular weight excluding hydrogens is 348 g/mol. The molecule has 0 aliphatic carbocycles. The van der Waals surface area contributed by atoms with Gasteiger partial charge in [-0.1, -0.05) is 18.2 Å². The first-order valence-electron chi connectivity index (χ1n) is 8.55. The van der Waals surface area contributed by atoms with Crippen LogP contribution in [-0.4, -0.2) is 39.4 Å². The van der Waals surface area contributed by atoms with Crippen LogP contribution in [-0.2, 0) is 14.3 Å². The Labute approximate surface area is 157 Å². The molecule has 27 heavy (non-hydrogen) atoms. The van der Waals surface area contributed by atoms with E-state index in [-0.39, 0.29) is 12.6 Å². The monoisotopic (exact) mass is 370 g/mol. The van der Waals surface area contributed by atoms with E-state index in [1.165, 1.54) is 7.11 Å². The zero-order valence-electron chi connectivity index (χ0n) is 15.5. The van der Waals surface area contributed by atoms with Gasteiger partial charge in [-0.3, -0.25) is 0 Å². The van der Waals surface area contributed by atoms with Crippen molar-refractivity contribution in [3.63, 3.8) is 0 Å². The number of hydrogen-bond acceptors (Lipinski definition) is 5. The maximum atomic E-state index is 12.6. The van der Waals surface area contributed by atoms with E-state index < -0.39 is 12.0 Å². The molecular formula is C20H22N2O5. The predicted molar refractivity (Wildman–Crippen MR) is 100 cm³/mol. The van der Waals surface area contributed by atoms with Gasteiger partial charge in [-0.2, -0.15) is 0 Å². The van der Waals surface area contributed by atoms with Gasteiger partial charge in [-0.15, -0.1) is 0 Å². The fourth-order valence-electron chi connectivity index (χ4n) is 3.06. The van der Waals surface area contributed by atoms with Gasteiger partial charge in [0.2, 0.25) is 0 Å². The summed E-state index contributed by atoms with van der Waals surface area (Å²) in [5.41, 5.74) is 1.64. The Bertz CT molecular complexity index is 906. The van der Waals surface area contributed by atoms with Crippen molar-refractivity contribution in [2.24, 2.45) is 0 Å². The Morgan fingerprint density at radius 3 is 2.56 bits per heavy atom. The Hall–Kier alpha value is -3.06. The summed E-state index contributed by atoms with van der Waals surface area (Å²) in [5.74, 6) is 0.278. The molecule has 0 saturated carbocycles.